The standard InChI is InChI=1S/C23H19N5O3/c1-16-20(8-5-9-21(16)28-15-24-26-27-28)25-22(29)14-31-19-12-10-18(11-13-19)23(30)17-6-3-2-4-7-17/h2-13,15H,14H2,1H3,(H,25,29). The highest BCUT2D eigenvalue weighted by Crippen LogP contribution is 2.21. The predicted octanol–water partition coefficient (Wildman–Crippen LogP) is 3.22. The quantitative estimate of drug-likeness (QED) is 0.467. The van der Waals surface area contributed by atoms with E-state index in [2.05, 4.69) is 20.8 Å². The molecule has 0 unspecified atom stereocenters. The Labute approximate surface area is 178 Å². The maximum Gasteiger partial charge on any atom is 0.262 e. The number of benzene rings is 3. The largest absolute Gasteiger partial charge is 0.484 e. The van der Waals surface area contributed by atoms with Gasteiger partial charge in [-0.15, -0.1) is 5.10 Å². The molecule has 154 valence electrons. The Morgan fingerprint density at radius 3 is 2.39 bits per heavy atom. The van der Waals surface area contributed by atoms with Crippen LogP contribution < -0.4 is 10.1 Å². The molecule has 0 aliphatic rings. The van der Waals surface area contributed by atoms with E-state index in [4.69, 9.17) is 4.74 Å². The molecule has 0 saturated heterocycles. The summed E-state index contributed by atoms with van der Waals surface area (Å²) in [5, 5.41) is 14.0. The van der Waals surface area contributed by atoms with E-state index < -0.39 is 0 Å². The van der Waals surface area contributed by atoms with Gasteiger partial charge in [-0.1, -0.05) is 36.4 Å². The fourth-order valence-corrected chi connectivity index (χ4v) is 3.07. The zero-order chi connectivity index (χ0) is 21.6. The second-order valence-electron chi connectivity index (χ2n) is 6.76. The molecule has 4 aromatic rings. The number of carbonyl (C=O) groups is 2. The van der Waals surface area contributed by atoms with Gasteiger partial charge in [0.05, 0.1) is 5.69 Å². The third kappa shape index (κ3) is 4.64. The summed E-state index contributed by atoms with van der Waals surface area (Å²) >= 11 is 0. The van der Waals surface area contributed by atoms with Crippen molar-refractivity contribution in [2.75, 3.05) is 11.9 Å². The third-order valence-electron chi connectivity index (χ3n) is 4.70. The first-order valence-corrected chi connectivity index (χ1v) is 9.57. The van der Waals surface area contributed by atoms with Crippen molar-refractivity contribution < 1.29 is 14.3 Å². The summed E-state index contributed by atoms with van der Waals surface area (Å²) in [5.41, 5.74) is 3.41. The van der Waals surface area contributed by atoms with E-state index in [0.29, 0.717) is 22.6 Å². The van der Waals surface area contributed by atoms with Crippen molar-refractivity contribution in [3.05, 3.63) is 95.8 Å². The molecule has 1 aromatic heterocycles. The van der Waals surface area contributed by atoms with E-state index >= 15 is 0 Å². The normalized spacial score (nSPS) is 10.5. The maximum absolute atomic E-state index is 12.5. The van der Waals surface area contributed by atoms with Gasteiger partial charge in [0.15, 0.2) is 12.4 Å². The molecule has 31 heavy (non-hydrogen) atoms. The molecule has 0 aliphatic carbocycles. The van der Waals surface area contributed by atoms with Crippen LogP contribution in [0.2, 0.25) is 0 Å². The van der Waals surface area contributed by atoms with Crippen LogP contribution in [0, 0.1) is 6.92 Å². The highest BCUT2D eigenvalue weighted by molar-refractivity contribution is 6.09. The highest BCUT2D eigenvalue weighted by atomic mass is 16.5. The molecule has 3 aromatic carbocycles. The fraction of sp³-hybridized carbons (Fsp3) is 0.0870. The summed E-state index contributed by atoms with van der Waals surface area (Å²) in [6.45, 7) is 1.70. The van der Waals surface area contributed by atoms with Crippen LogP contribution in [0.15, 0.2) is 79.1 Å². The lowest BCUT2D eigenvalue weighted by Crippen LogP contribution is -2.21. The number of hydrogen-bond donors (Lipinski definition) is 1. The van der Waals surface area contributed by atoms with Crippen LogP contribution in [0.4, 0.5) is 5.69 Å². The first kappa shape index (κ1) is 20.0. The van der Waals surface area contributed by atoms with Crippen LogP contribution >= 0.6 is 0 Å². The Balaban J connectivity index is 1.36. The summed E-state index contributed by atoms with van der Waals surface area (Å²) in [6.07, 6.45) is 1.49. The first-order valence-electron chi connectivity index (χ1n) is 9.57. The number of hydrogen-bond acceptors (Lipinski definition) is 6. The third-order valence-corrected chi connectivity index (χ3v) is 4.70. The first-order chi connectivity index (χ1) is 15.1. The Kier molecular flexibility index (Phi) is 5.79. The van der Waals surface area contributed by atoms with Gasteiger partial charge in [0, 0.05) is 16.8 Å². The summed E-state index contributed by atoms with van der Waals surface area (Å²) in [6, 6.07) is 21.2. The van der Waals surface area contributed by atoms with Crippen molar-refractivity contribution in [1.82, 2.24) is 20.2 Å². The second-order valence-corrected chi connectivity index (χ2v) is 6.76. The smallest absolute Gasteiger partial charge is 0.262 e. The van der Waals surface area contributed by atoms with Crippen molar-refractivity contribution in [3.8, 4) is 11.4 Å². The van der Waals surface area contributed by atoms with Crippen molar-refractivity contribution >= 4 is 17.4 Å². The minimum Gasteiger partial charge on any atom is -0.484 e. The van der Waals surface area contributed by atoms with E-state index in [1.54, 1.807) is 42.5 Å². The molecule has 8 heteroatoms. The van der Waals surface area contributed by atoms with Gasteiger partial charge in [-0.25, -0.2) is 4.68 Å². The molecule has 0 spiro atoms. The van der Waals surface area contributed by atoms with Crippen LogP contribution in [0.5, 0.6) is 5.75 Å². The molecule has 1 heterocycles. The average molecular weight is 413 g/mol. The molecule has 0 bridgehead atoms. The molecule has 1 N–H and O–H groups in total. The van der Waals surface area contributed by atoms with Gasteiger partial charge in [-0.2, -0.15) is 0 Å². The molecular weight excluding hydrogens is 394 g/mol. The topological polar surface area (TPSA) is 99.0 Å². The van der Waals surface area contributed by atoms with Gasteiger partial charge in [-0.05, 0) is 59.3 Å². The van der Waals surface area contributed by atoms with Gasteiger partial charge in [0.1, 0.15) is 12.1 Å². The lowest BCUT2D eigenvalue weighted by atomic mass is 10.0. The minimum atomic E-state index is -0.304. The number of tetrazole rings is 1. The zero-order valence-electron chi connectivity index (χ0n) is 16.7. The minimum absolute atomic E-state index is 0.0668. The number of ketones is 1. The SMILES string of the molecule is Cc1c(NC(=O)COc2ccc(C(=O)c3ccccc3)cc2)cccc1-n1cnnn1. The molecule has 4 rings (SSSR count). The molecule has 0 aliphatic heterocycles. The summed E-state index contributed by atoms with van der Waals surface area (Å²) in [5.74, 6) is 0.128. The van der Waals surface area contributed by atoms with Gasteiger partial charge in [0.25, 0.3) is 5.91 Å². The molecule has 0 fully saturated rings. The van der Waals surface area contributed by atoms with Gasteiger partial charge < -0.3 is 10.1 Å². The molecule has 0 atom stereocenters. The highest BCUT2D eigenvalue weighted by Gasteiger charge is 2.11. The van der Waals surface area contributed by atoms with E-state index in [1.165, 1.54) is 11.0 Å². The van der Waals surface area contributed by atoms with Gasteiger partial charge >= 0.3 is 0 Å². The van der Waals surface area contributed by atoms with E-state index in [1.807, 2.05) is 37.3 Å². The number of aromatic nitrogens is 4. The maximum atomic E-state index is 12.5. The Hall–Kier alpha value is -4.33. The number of nitrogens with one attached hydrogen (secondary N) is 1. The van der Waals surface area contributed by atoms with Crippen LogP contribution in [-0.2, 0) is 4.79 Å². The van der Waals surface area contributed by atoms with Gasteiger partial charge in [0.2, 0.25) is 0 Å². The molecule has 0 saturated carbocycles. The van der Waals surface area contributed by atoms with Crippen LogP contribution in [0.3, 0.4) is 0 Å². The Morgan fingerprint density at radius 2 is 1.68 bits per heavy atom. The van der Waals surface area contributed by atoms with E-state index in [9.17, 15) is 9.59 Å². The number of amides is 1. The van der Waals surface area contributed by atoms with E-state index in [0.717, 1.165) is 11.3 Å². The number of rotatable bonds is 7. The fourth-order valence-electron chi connectivity index (χ4n) is 3.07. The van der Waals surface area contributed by atoms with Crippen molar-refractivity contribution in [1.29, 1.82) is 0 Å². The number of carbonyl (C=O) groups excluding carboxylic acids is 2. The molecule has 1 amide bonds. The van der Waals surface area contributed by atoms with Crippen LogP contribution in [-0.4, -0.2) is 38.5 Å². The van der Waals surface area contributed by atoms with Crippen molar-refractivity contribution in [2.45, 2.75) is 6.92 Å². The summed E-state index contributed by atoms with van der Waals surface area (Å²) in [7, 11) is 0. The number of ether oxygens (including phenoxy) is 1. The predicted molar refractivity (Wildman–Crippen MR) is 114 cm³/mol. The lowest BCUT2D eigenvalue weighted by Gasteiger charge is -2.12. The molecule has 8 nitrogen and oxygen atoms in total. The summed E-state index contributed by atoms with van der Waals surface area (Å²) < 4.78 is 7.09. The zero-order valence-corrected chi connectivity index (χ0v) is 16.7. The second kappa shape index (κ2) is 9.00. The Bertz CT molecular complexity index is 1190. The van der Waals surface area contributed by atoms with Crippen LogP contribution in [0.1, 0.15) is 21.5 Å². The van der Waals surface area contributed by atoms with Crippen LogP contribution in [0.25, 0.3) is 5.69 Å². The van der Waals surface area contributed by atoms with Crippen molar-refractivity contribution in [3.63, 3.8) is 0 Å². The number of nitrogens with zero attached hydrogens (tertiary/aromatic N) is 4. The average Bonchev–Trinajstić information content (AvgIpc) is 3.34. The lowest BCUT2D eigenvalue weighted by molar-refractivity contribution is -0.118. The van der Waals surface area contributed by atoms with E-state index in [-0.39, 0.29) is 18.3 Å². The summed E-state index contributed by atoms with van der Waals surface area (Å²) in [4.78, 5) is 24.8. The van der Waals surface area contributed by atoms with Gasteiger partial charge in [-0.3, -0.25) is 9.59 Å². The number of anilines is 1. The van der Waals surface area contributed by atoms with Crippen molar-refractivity contribution in [2.24, 2.45) is 0 Å². The monoisotopic (exact) mass is 413 g/mol. The molecule has 0 radical (unpaired) electrons. The molecular formula is C23H19N5O3. The Morgan fingerprint density at radius 1 is 0.935 bits per heavy atom.